The lowest BCUT2D eigenvalue weighted by molar-refractivity contribution is 0.580. The first kappa shape index (κ1) is 13.7. The maximum Gasteiger partial charge on any atom is 0.0801 e. The minimum Gasteiger partial charge on any atom is -0.305 e. The molecule has 1 N–H and O–H groups in total. The maximum atomic E-state index is 4.47. The highest BCUT2D eigenvalue weighted by Crippen LogP contribution is 2.26. The van der Waals surface area contributed by atoms with E-state index in [1.54, 1.807) is 12.4 Å². The van der Waals surface area contributed by atoms with Gasteiger partial charge in [0.2, 0.25) is 0 Å². The van der Waals surface area contributed by atoms with Crippen LogP contribution in [0.3, 0.4) is 0 Å². The third kappa shape index (κ3) is 3.18. The van der Waals surface area contributed by atoms with Crippen LogP contribution in [0.15, 0.2) is 36.8 Å². The number of nitrogens with one attached hydrogen (secondary N) is 1. The monoisotopic (exact) mass is 255 g/mol. The van der Waals surface area contributed by atoms with E-state index in [0.717, 1.165) is 18.7 Å². The Morgan fingerprint density at radius 2 is 1.89 bits per heavy atom. The molecule has 0 saturated carbocycles. The molecule has 3 heteroatoms. The second-order valence-corrected chi connectivity index (χ2v) is 4.82. The van der Waals surface area contributed by atoms with Crippen LogP contribution in [-0.2, 0) is 0 Å². The molecule has 0 amide bonds. The molecule has 100 valence electrons. The van der Waals surface area contributed by atoms with Crippen LogP contribution < -0.4 is 5.32 Å². The third-order valence-electron chi connectivity index (χ3n) is 3.31. The Hall–Kier alpha value is -1.74. The van der Waals surface area contributed by atoms with Crippen LogP contribution in [0.25, 0.3) is 0 Å². The normalized spacial score (nSPS) is 12.4. The van der Waals surface area contributed by atoms with Crippen molar-refractivity contribution in [1.29, 1.82) is 0 Å². The molecule has 1 aromatic carbocycles. The van der Waals surface area contributed by atoms with Gasteiger partial charge in [0.05, 0.1) is 17.9 Å². The Labute approximate surface area is 115 Å². The molecule has 0 aliphatic rings. The highest BCUT2D eigenvalue weighted by atomic mass is 14.9. The molecule has 0 aliphatic heterocycles. The van der Waals surface area contributed by atoms with Gasteiger partial charge in [0.15, 0.2) is 0 Å². The first-order valence-electron chi connectivity index (χ1n) is 6.79. The summed E-state index contributed by atoms with van der Waals surface area (Å²) < 4.78 is 0. The smallest absolute Gasteiger partial charge is 0.0801 e. The lowest BCUT2D eigenvalue weighted by atomic mass is 9.94. The van der Waals surface area contributed by atoms with Crippen LogP contribution in [-0.4, -0.2) is 16.5 Å². The standard InChI is InChI=1S/C16H21N3/c1-4-8-19-16(14-11-17-9-10-18-14)15-12(2)6-5-7-13(15)3/h5-7,9-11,16,19H,4,8H2,1-3H3. The van der Waals surface area contributed by atoms with Crippen molar-refractivity contribution in [2.75, 3.05) is 6.54 Å². The van der Waals surface area contributed by atoms with E-state index >= 15 is 0 Å². The van der Waals surface area contributed by atoms with Crippen LogP contribution in [0.1, 0.15) is 41.8 Å². The summed E-state index contributed by atoms with van der Waals surface area (Å²) in [4.78, 5) is 8.66. The van der Waals surface area contributed by atoms with E-state index in [1.165, 1.54) is 16.7 Å². The Kier molecular flexibility index (Phi) is 4.63. The van der Waals surface area contributed by atoms with Crippen LogP contribution >= 0.6 is 0 Å². The summed E-state index contributed by atoms with van der Waals surface area (Å²) in [7, 11) is 0. The molecule has 0 spiro atoms. The summed E-state index contributed by atoms with van der Waals surface area (Å²) in [6.07, 6.45) is 6.41. The predicted octanol–water partition coefficient (Wildman–Crippen LogP) is 3.18. The number of nitrogens with zero attached hydrogens (tertiary/aromatic N) is 2. The average molecular weight is 255 g/mol. The maximum absolute atomic E-state index is 4.47. The molecule has 19 heavy (non-hydrogen) atoms. The second-order valence-electron chi connectivity index (χ2n) is 4.82. The first-order chi connectivity index (χ1) is 9.24. The Bertz CT molecular complexity index is 503. The zero-order valence-corrected chi connectivity index (χ0v) is 11.9. The fraction of sp³-hybridized carbons (Fsp3) is 0.375. The zero-order chi connectivity index (χ0) is 13.7. The largest absolute Gasteiger partial charge is 0.305 e. The lowest BCUT2D eigenvalue weighted by Crippen LogP contribution is -2.25. The van der Waals surface area contributed by atoms with E-state index in [2.05, 4.69) is 54.3 Å². The Morgan fingerprint density at radius 3 is 2.47 bits per heavy atom. The fourth-order valence-corrected chi connectivity index (χ4v) is 2.39. The van der Waals surface area contributed by atoms with Crippen molar-refractivity contribution in [2.24, 2.45) is 0 Å². The Morgan fingerprint density at radius 1 is 1.16 bits per heavy atom. The molecule has 2 rings (SSSR count). The molecule has 0 saturated heterocycles. The van der Waals surface area contributed by atoms with Crippen molar-refractivity contribution in [2.45, 2.75) is 33.2 Å². The molecular weight excluding hydrogens is 234 g/mol. The first-order valence-corrected chi connectivity index (χ1v) is 6.79. The van der Waals surface area contributed by atoms with E-state index in [1.807, 2.05) is 6.20 Å². The van der Waals surface area contributed by atoms with Gasteiger partial charge in [-0.1, -0.05) is 25.1 Å². The topological polar surface area (TPSA) is 37.8 Å². The molecule has 1 heterocycles. The number of hydrogen-bond acceptors (Lipinski definition) is 3. The van der Waals surface area contributed by atoms with Gasteiger partial charge in [0, 0.05) is 12.4 Å². The van der Waals surface area contributed by atoms with Crippen LogP contribution in [0.5, 0.6) is 0 Å². The van der Waals surface area contributed by atoms with E-state index in [9.17, 15) is 0 Å². The van der Waals surface area contributed by atoms with Crippen LogP contribution in [0.4, 0.5) is 0 Å². The fourth-order valence-electron chi connectivity index (χ4n) is 2.39. The average Bonchev–Trinajstić information content (AvgIpc) is 2.43. The third-order valence-corrected chi connectivity index (χ3v) is 3.31. The van der Waals surface area contributed by atoms with Crippen molar-refractivity contribution in [3.63, 3.8) is 0 Å². The molecule has 2 aromatic rings. The summed E-state index contributed by atoms with van der Waals surface area (Å²) >= 11 is 0. The summed E-state index contributed by atoms with van der Waals surface area (Å²) in [6.45, 7) is 7.44. The van der Waals surface area contributed by atoms with Gasteiger partial charge >= 0.3 is 0 Å². The van der Waals surface area contributed by atoms with E-state index in [-0.39, 0.29) is 6.04 Å². The van der Waals surface area contributed by atoms with Gasteiger partial charge in [-0.15, -0.1) is 0 Å². The van der Waals surface area contributed by atoms with Gasteiger partial charge < -0.3 is 5.32 Å². The van der Waals surface area contributed by atoms with E-state index in [4.69, 9.17) is 0 Å². The molecule has 3 nitrogen and oxygen atoms in total. The number of aryl methyl sites for hydroxylation is 2. The molecule has 0 fully saturated rings. The van der Waals surface area contributed by atoms with Gasteiger partial charge in [0.25, 0.3) is 0 Å². The van der Waals surface area contributed by atoms with E-state index in [0.29, 0.717) is 0 Å². The predicted molar refractivity (Wildman–Crippen MR) is 78.1 cm³/mol. The quantitative estimate of drug-likeness (QED) is 0.891. The number of aromatic nitrogens is 2. The minimum atomic E-state index is 0.120. The van der Waals surface area contributed by atoms with Gasteiger partial charge in [0.1, 0.15) is 0 Å². The summed E-state index contributed by atoms with van der Waals surface area (Å²) in [6, 6.07) is 6.52. The number of hydrogen-bond donors (Lipinski definition) is 1. The number of benzene rings is 1. The van der Waals surface area contributed by atoms with Gasteiger partial charge in [-0.05, 0) is 43.5 Å². The SMILES string of the molecule is CCCNC(c1cnccn1)c1c(C)cccc1C. The number of rotatable bonds is 5. The molecule has 0 aliphatic carbocycles. The van der Waals surface area contributed by atoms with Gasteiger partial charge in [-0.2, -0.15) is 0 Å². The molecule has 1 unspecified atom stereocenters. The van der Waals surface area contributed by atoms with Crippen molar-refractivity contribution >= 4 is 0 Å². The van der Waals surface area contributed by atoms with Crippen molar-refractivity contribution < 1.29 is 0 Å². The molecule has 1 aromatic heterocycles. The molecule has 0 radical (unpaired) electrons. The van der Waals surface area contributed by atoms with Crippen LogP contribution in [0, 0.1) is 13.8 Å². The highest BCUT2D eigenvalue weighted by molar-refractivity contribution is 5.39. The minimum absolute atomic E-state index is 0.120. The molecule has 0 bridgehead atoms. The summed E-state index contributed by atoms with van der Waals surface area (Å²) in [5.74, 6) is 0. The Balaban J connectivity index is 2.43. The van der Waals surface area contributed by atoms with Crippen molar-refractivity contribution in [1.82, 2.24) is 15.3 Å². The van der Waals surface area contributed by atoms with E-state index < -0.39 is 0 Å². The van der Waals surface area contributed by atoms with Crippen molar-refractivity contribution in [3.8, 4) is 0 Å². The van der Waals surface area contributed by atoms with Gasteiger partial charge in [-0.3, -0.25) is 9.97 Å². The summed E-state index contributed by atoms with van der Waals surface area (Å²) in [5.41, 5.74) is 4.88. The second kappa shape index (κ2) is 6.43. The highest BCUT2D eigenvalue weighted by Gasteiger charge is 2.18. The molecule has 1 atom stereocenters. The zero-order valence-electron chi connectivity index (χ0n) is 11.9. The van der Waals surface area contributed by atoms with Crippen molar-refractivity contribution in [3.05, 3.63) is 59.2 Å². The van der Waals surface area contributed by atoms with Crippen LogP contribution in [0.2, 0.25) is 0 Å². The lowest BCUT2D eigenvalue weighted by Gasteiger charge is -2.22. The summed E-state index contributed by atoms with van der Waals surface area (Å²) in [5, 5.41) is 3.58. The molecular formula is C16H21N3. The van der Waals surface area contributed by atoms with Gasteiger partial charge in [-0.25, -0.2) is 0 Å².